The third kappa shape index (κ3) is 5.96. The van der Waals surface area contributed by atoms with Gasteiger partial charge in [-0.1, -0.05) is 11.6 Å². The summed E-state index contributed by atoms with van der Waals surface area (Å²) in [7, 11) is 2.96. The number of benzene rings is 1. The Hall–Kier alpha value is -1.99. The van der Waals surface area contributed by atoms with Gasteiger partial charge in [0.2, 0.25) is 0 Å². The molecule has 1 N–H and O–H groups in total. The van der Waals surface area contributed by atoms with E-state index in [9.17, 15) is 9.59 Å². The number of nitrogens with one attached hydrogen (secondary N) is 1. The summed E-state index contributed by atoms with van der Waals surface area (Å²) in [6.07, 6.45) is 0. The minimum Gasteiger partial charge on any atom is -0.493 e. The molecule has 0 radical (unpaired) electrons. The summed E-state index contributed by atoms with van der Waals surface area (Å²) < 4.78 is 20.2. The first-order valence-corrected chi connectivity index (χ1v) is 7.34. The lowest BCUT2D eigenvalue weighted by atomic mass is 10.2. The molecule has 0 heterocycles. The summed E-state index contributed by atoms with van der Waals surface area (Å²) >= 11 is 6.08. The van der Waals surface area contributed by atoms with Gasteiger partial charge in [0.1, 0.15) is 0 Å². The molecule has 0 aromatic heterocycles. The average molecular weight is 346 g/mol. The molecule has 0 unspecified atom stereocenters. The third-order valence-electron chi connectivity index (χ3n) is 2.72. The van der Waals surface area contributed by atoms with Crippen molar-refractivity contribution in [3.63, 3.8) is 0 Å². The van der Waals surface area contributed by atoms with Crippen LogP contribution in [0.5, 0.6) is 11.5 Å². The van der Waals surface area contributed by atoms with Gasteiger partial charge in [0.05, 0.1) is 30.9 Å². The van der Waals surface area contributed by atoms with Crippen LogP contribution in [0.25, 0.3) is 0 Å². The number of rotatable bonds is 9. The molecule has 0 aliphatic carbocycles. The van der Waals surface area contributed by atoms with E-state index in [-0.39, 0.29) is 10.6 Å². The van der Waals surface area contributed by atoms with Crippen molar-refractivity contribution in [3.05, 3.63) is 22.7 Å². The van der Waals surface area contributed by atoms with Crippen molar-refractivity contribution in [2.45, 2.75) is 6.92 Å². The fraction of sp³-hybridized carbons (Fsp3) is 0.467. The second kappa shape index (κ2) is 9.91. The van der Waals surface area contributed by atoms with Gasteiger partial charge < -0.3 is 24.3 Å². The Bertz CT molecular complexity index is 549. The molecule has 0 aliphatic heterocycles. The number of halogens is 1. The van der Waals surface area contributed by atoms with Crippen molar-refractivity contribution >= 4 is 23.5 Å². The average Bonchev–Trinajstić information content (AvgIpc) is 2.54. The lowest BCUT2D eigenvalue weighted by Crippen LogP contribution is -2.31. The smallest absolute Gasteiger partial charge is 0.338 e. The first-order valence-electron chi connectivity index (χ1n) is 6.96. The summed E-state index contributed by atoms with van der Waals surface area (Å²) in [4.78, 5) is 23.5. The molecule has 1 aromatic rings. The third-order valence-corrected chi connectivity index (χ3v) is 3.00. The summed E-state index contributed by atoms with van der Waals surface area (Å²) in [5.41, 5.74) is 0.167. The van der Waals surface area contributed by atoms with E-state index in [4.69, 9.17) is 30.5 Å². The second-order valence-corrected chi connectivity index (χ2v) is 4.75. The lowest BCUT2D eigenvalue weighted by Gasteiger charge is -2.13. The molecular formula is C15H20ClNO6. The molecule has 0 fully saturated rings. The minimum absolute atomic E-state index is 0.167. The maximum atomic E-state index is 12.0. The van der Waals surface area contributed by atoms with Crippen molar-refractivity contribution < 1.29 is 28.5 Å². The molecule has 7 nitrogen and oxygen atoms in total. The van der Waals surface area contributed by atoms with Crippen LogP contribution in [-0.2, 0) is 14.3 Å². The SMILES string of the molecule is CCOc1c(Cl)cc(C(=O)OCC(=O)NCCOC)cc1OC. The molecule has 0 saturated heterocycles. The Morgan fingerprint density at radius 2 is 2.00 bits per heavy atom. The van der Waals surface area contributed by atoms with E-state index in [1.807, 2.05) is 0 Å². The zero-order chi connectivity index (χ0) is 17.2. The number of methoxy groups -OCH3 is 2. The Morgan fingerprint density at radius 3 is 2.61 bits per heavy atom. The summed E-state index contributed by atoms with van der Waals surface area (Å²) in [5, 5.41) is 2.76. The van der Waals surface area contributed by atoms with E-state index < -0.39 is 18.5 Å². The zero-order valence-electron chi connectivity index (χ0n) is 13.3. The number of amides is 1. The summed E-state index contributed by atoms with van der Waals surface area (Å²) in [5.74, 6) is -0.434. The predicted octanol–water partition coefficient (Wildman–Crippen LogP) is 1.67. The van der Waals surface area contributed by atoms with Gasteiger partial charge in [-0.15, -0.1) is 0 Å². The normalized spacial score (nSPS) is 10.1. The molecule has 1 amide bonds. The fourth-order valence-corrected chi connectivity index (χ4v) is 1.95. The second-order valence-electron chi connectivity index (χ2n) is 4.34. The van der Waals surface area contributed by atoms with Crippen molar-refractivity contribution in [2.75, 3.05) is 40.6 Å². The van der Waals surface area contributed by atoms with E-state index in [1.54, 1.807) is 6.92 Å². The number of ether oxygens (including phenoxy) is 4. The zero-order valence-corrected chi connectivity index (χ0v) is 14.1. The van der Waals surface area contributed by atoms with Gasteiger partial charge in [-0.3, -0.25) is 4.79 Å². The molecular weight excluding hydrogens is 326 g/mol. The Morgan fingerprint density at radius 1 is 1.26 bits per heavy atom. The highest BCUT2D eigenvalue weighted by Gasteiger charge is 2.17. The van der Waals surface area contributed by atoms with Gasteiger partial charge in [0.15, 0.2) is 18.1 Å². The van der Waals surface area contributed by atoms with Gasteiger partial charge >= 0.3 is 5.97 Å². The number of hydrogen-bond donors (Lipinski definition) is 1. The Kier molecular flexibility index (Phi) is 8.21. The topological polar surface area (TPSA) is 83.1 Å². The van der Waals surface area contributed by atoms with E-state index in [1.165, 1.54) is 26.4 Å². The van der Waals surface area contributed by atoms with Gasteiger partial charge in [-0.25, -0.2) is 4.79 Å². The monoisotopic (exact) mass is 345 g/mol. The number of carbonyl (C=O) groups is 2. The van der Waals surface area contributed by atoms with Gasteiger partial charge in [0.25, 0.3) is 5.91 Å². The quantitative estimate of drug-likeness (QED) is 0.541. The molecule has 128 valence electrons. The molecule has 8 heteroatoms. The molecule has 1 rings (SSSR count). The maximum absolute atomic E-state index is 12.0. The predicted molar refractivity (Wildman–Crippen MR) is 84.3 cm³/mol. The Balaban J connectivity index is 2.69. The molecule has 23 heavy (non-hydrogen) atoms. The summed E-state index contributed by atoms with van der Waals surface area (Å²) in [6, 6.07) is 2.85. The fourth-order valence-electron chi connectivity index (χ4n) is 1.68. The van der Waals surface area contributed by atoms with Crippen LogP contribution in [0.1, 0.15) is 17.3 Å². The first-order chi connectivity index (χ1) is 11.0. The molecule has 0 spiro atoms. The maximum Gasteiger partial charge on any atom is 0.338 e. The highest BCUT2D eigenvalue weighted by atomic mass is 35.5. The van der Waals surface area contributed by atoms with Crippen molar-refractivity contribution in [1.29, 1.82) is 0 Å². The molecule has 0 atom stereocenters. The van der Waals surface area contributed by atoms with Crippen molar-refractivity contribution in [1.82, 2.24) is 5.32 Å². The molecule has 0 saturated carbocycles. The highest BCUT2D eigenvalue weighted by molar-refractivity contribution is 6.32. The van der Waals surface area contributed by atoms with Crippen LogP contribution >= 0.6 is 11.6 Å². The van der Waals surface area contributed by atoms with Gasteiger partial charge in [-0.05, 0) is 19.1 Å². The van der Waals surface area contributed by atoms with Crippen LogP contribution in [0.2, 0.25) is 5.02 Å². The van der Waals surface area contributed by atoms with Crippen molar-refractivity contribution in [3.8, 4) is 11.5 Å². The number of carbonyl (C=O) groups excluding carboxylic acids is 2. The first kappa shape index (κ1) is 19.1. The molecule has 1 aromatic carbocycles. The van der Waals surface area contributed by atoms with Crippen LogP contribution < -0.4 is 14.8 Å². The van der Waals surface area contributed by atoms with E-state index in [2.05, 4.69) is 5.32 Å². The van der Waals surface area contributed by atoms with E-state index in [0.717, 1.165) is 0 Å². The standard InChI is InChI=1S/C15H20ClNO6/c1-4-22-14-11(16)7-10(8-12(14)21-3)15(19)23-9-13(18)17-5-6-20-2/h7-8H,4-6,9H2,1-3H3,(H,17,18). The summed E-state index contributed by atoms with van der Waals surface area (Å²) in [6.45, 7) is 2.54. The number of hydrogen-bond acceptors (Lipinski definition) is 6. The highest BCUT2D eigenvalue weighted by Crippen LogP contribution is 2.36. The van der Waals surface area contributed by atoms with Crippen LogP contribution in [0.4, 0.5) is 0 Å². The lowest BCUT2D eigenvalue weighted by molar-refractivity contribution is -0.124. The molecule has 0 bridgehead atoms. The van der Waals surface area contributed by atoms with Gasteiger partial charge in [-0.2, -0.15) is 0 Å². The van der Waals surface area contributed by atoms with E-state index >= 15 is 0 Å². The van der Waals surface area contributed by atoms with Gasteiger partial charge in [0, 0.05) is 13.7 Å². The van der Waals surface area contributed by atoms with Crippen LogP contribution in [0.15, 0.2) is 12.1 Å². The van der Waals surface area contributed by atoms with Crippen LogP contribution in [0.3, 0.4) is 0 Å². The largest absolute Gasteiger partial charge is 0.493 e. The van der Waals surface area contributed by atoms with Crippen LogP contribution in [-0.4, -0.2) is 52.5 Å². The van der Waals surface area contributed by atoms with E-state index in [0.29, 0.717) is 31.3 Å². The minimum atomic E-state index is -0.685. The Labute approximate surface area is 139 Å². The van der Waals surface area contributed by atoms with Crippen LogP contribution in [0, 0.1) is 0 Å². The number of esters is 1. The van der Waals surface area contributed by atoms with Crippen molar-refractivity contribution in [2.24, 2.45) is 0 Å². The molecule has 0 aliphatic rings.